The van der Waals surface area contributed by atoms with Gasteiger partial charge in [-0.15, -0.1) is 0 Å². The lowest BCUT2D eigenvalue weighted by atomic mass is 9.89. The van der Waals surface area contributed by atoms with E-state index in [9.17, 15) is 32.3 Å². The van der Waals surface area contributed by atoms with Crippen LogP contribution in [0.4, 0.5) is 22.4 Å². The van der Waals surface area contributed by atoms with Crippen LogP contribution < -0.4 is 10.6 Å². The number of hydrogen-bond acceptors (Lipinski definition) is 8. The van der Waals surface area contributed by atoms with E-state index in [1.165, 1.54) is 18.5 Å². The number of ether oxygens (including phenoxy) is 1. The van der Waals surface area contributed by atoms with E-state index in [1.54, 1.807) is 0 Å². The zero-order valence-electron chi connectivity index (χ0n) is 21.4. The van der Waals surface area contributed by atoms with Crippen molar-refractivity contribution in [2.75, 3.05) is 0 Å². The molecular formula is C25H20ClF4N7O5. The van der Waals surface area contributed by atoms with E-state index in [2.05, 4.69) is 25.6 Å². The van der Waals surface area contributed by atoms with Crippen LogP contribution in [0.25, 0.3) is 11.3 Å². The summed E-state index contributed by atoms with van der Waals surface area (Å²) < 4.78 is 62.3. The first-order valence-electron chi connectivity index (χ1n) is 12.8. The summed E-state index contributed by atoms with van der Waals surface area (Å²) in [4.78, 5) is 61.7. The van der Waals surface area contributed by atoms with Crippen molar-refractivity contribution in [3.05, 3.63) is 51.8 Å². The first-order chi connectivity index (χ1) is 19.9. The summed E-state index contributed by atoms with van der Waals surface area (Å²) in [5.74, 6) is -3.95. The lowest BCUT2D eigenvalue weighted by molar-refractivity contribution is -0.149. The molecule has 1 saturated heterocycles. The first-order valence-corrected chi connectivity index (χ1v) is 13.1. The lowest BCUT2D eigenvalue weighted by Crippen LogP contribution is -2.52. The standard InChI is InChI=1S/C25H20ClF4N7O5/c26-14-5-10(18(27)17-13(14)9-36(22(17)40)15-1-2-16(38)34-21(15)39)8-33-24(41)42-12-6-11(7-12)37-20-19(31-3-4-32-20)35-23(37)25(28,29)30/h3-5,11-12,15H,1-2,6-9H2,(H,33,41)(H,34,38,39)/t11?,12?,15-/m0/s1. The molecule has 2 N–H and O–H groups in total. The van der Waals surface area contributed by atoms with Gasteiger partial charge in [-0.3, -0.25) is 19.7 Å². The highest BCUT2D eigenvalue weighted by atomic mass is 35.5. The fraction of sp³-hybridized carbons (Fsp3) is 0.400. The molecule has 3 aliphatic rings. The molecule has 0 unspecified atom stereocenters. The smallest absolute Gasteiger partial charge is 0.446 e. The molecule has 0 radical (unpaired) electrons. The van der Waals surface area contributed by atoms with E-state index < -0.39 is 66.4 Å². The van der Waals surface area contributed by atoms with E-state index in [0.29, 0.717) is 0 Å². The van der Waals surface area contributed by atoms with Crippen molar-refractivity contribution in [2.24, 2.45) is 0 Å². The number of nitrogens with zero attached hydrogens (tertiary/aromatic N) is 5. The molecule has 42 heavy (non-hydrogen) atoms. The average Bonchev–Trinajstić information content (AvgIpc) is 3.46. The molecule has 1 saturated carbocycles. The maximum absolute atomic E-state index is 15.4. The van der Waals surface area contributed by atoms with Crippen LogP contribution in [0.5, 0.6) is 0 Å². The van der Waals surface area contributed by atoms with Crippen LogP contribution in [-0.4, -0.2) is 60.4 Å². The molecule has 17 heteroatoms. The number of rotatable bonds is 5. The Balaban J connectivity index is 1.09. The molecule has 220 valence electrons. The van der Waals surface area contributed by atoms with E-state index >= 15 is 4.39 Å². The molecular weight excluding hydrogens is 590 g/mol. The molecule has 1 aromatic carbocycles. The van der Waals surface area contributed by atoms with Gasteiger partial charge >= 0.3 is 12.3 Å². The number of hydrogen-bond donors (Lipinski definition) is 2. The van der Waals surface area contributed by atoms with Gasteiger partial charge in [-0.2, -0.15) is 13.2 Å². The molecule has 0 spiro atoms. The van der Waals surface area contributed by atoms with Crippen molar-refractivity contribution in [1.82, 2.24) is 35.1 Å². The van der Waals surface area contributed by atoms with Gasteiger partial charge < -0.3 is 19.5 Å². The van der Waals surface area contributed by atoms with Crippen molar-refractivity contribution < 1.29 is 41.5 Å². The second-order valence-corrected chi connectivity index (χ2v) is 10.5. The van der Waals surface area contributed by atoms with E-state index in [1.807, 2.05) is 0 Å². The quantitative estimate of drug-likeness (QED) is 0.331. The lowest BCUT2D eigenvalue weighted by Gasteiger charge is -2.36. The van der Waals surface area contributed by atoms with Crippen LogP contribution in [0, 0.1) is 5.82 Å². The molecule has 2 fully saturated rings. The highest BCUT2D eigenvalue weighted by molar-refractivity contribution is 6.32. The molecule has 12 nitrogen and oxygen atoms in total. The van der Waals surface area contributed by atoms with Crippen LogP contribution in [0.1, 0.15) is 59.0 Å². The molecule has 6 rings (SSSR count). The Bertz CT molecular complexity index is 1660. The molecule has 0 bridgehead atoms. The number of fused-ring (bicyclic) bond motifs is 2. The van der Waals surface area contributed by atoms with Gasteiger partial charge in [-0.25, -0.2) is 24.1 Å². The Hall–Kier alpha value is -4.34. The maximum Gasteiger partial charge on any atom is 0.449 e. The number of halogens is 5. The maximum atomic E-state index is 15.4. The third-order valence-electron chi connectivity index (χ3n) is 7.50. The molecule has 1 atom stereocenters. The number of piperidine rings is 1. The molecule has 1 aliphatic carbocycles. The van der Waals surface area contributed by atoms with Crippen molar-refractivity contribution in [3.8, 4) is 0 Å². The van der Waals surface area contributed by atoms with Crippen LogP contribution in [0.2, 0.25) is 5.02 Å². The Morgan fingerprint density at radius 2 is 1.93 bits per heavy atom. The summed E-state index contributed by atoms with van der Waals surface area (Å²) in [6.07, 6.45) is -3.68. The largest absolute Gasteiger partial charge is 0.449 e. The second kappa shape index (κ2) is 10.2. The van der Waals surface area contributed by atoms with Crippen molar-refractivity contribution in [2.45, 2.75) is 63.1 Å². The third-order valence-corrected chi connectivity index (χ3v) is 7.83. The van der Waals surface area contributed by atoms with Crippen LogP contribution in [-0.2, 0) is 33.6 Å². The normalized spacial score (nSPS) is 22.2. The van der Waals surface area contributed by atoms with Gasteiger partial charge in [0.05, 0.1) is 5.56 Å². The summed E-state index contributed by atoms with van der Waals surface area (Å²) in [5, 5.41) is 4.58. The Kier molecular flexibility index (Phi) is 6.74. The van der Waals surface area contributed by atoms with Crippen LogP contribution in [0.3, 0.4) is 0 Å². The van der Waals surface area contributed by atoms with Gasteiger partial charge in [-0.05, 0) is 12.5 Å². The monoisotopic (exact) mass is 609 g/mol. The molecule has 4 amide bonds. The number of aromatic nitrogens is 4. The number of imide groups is 1. The fourth-order valence-electron chi connectivity index (χ4n) is 5.42. The summed E-state index contributed by atoms with van der Waals surface area (Å²) in [6.45, 7) is -0.526. The number of amides is 4. The van der Waals surface area contributed by atoms with E-state index in [4.69, 9.17) is 16.3 Å². The highest BCUT2D eigenvalue weighted by Gasteiger charge is 2.44. The zero-order chi connectivity index (χ0) is 29.9. The Morgan fingerprint density at radius 3 is 2.64 bits per heavy atom. The molecule has 4 heterocycles. The summed E-state index contributed by atoms with van der Waals surface area (Å²) in [5.41, 5.74) is -0.437. The highest BCUT2D eigenvalue weighted by Crippen LogP contribution is 2.41. The summed E-state index contributed by atoms with van der Waals surface area (Å²) >= 11 is 6.32. The van der Waals surface area contributed by atoms with Crippen molar-refractivity contribution >= 4 is 46.7 Å². The van der Waals surface area contributed by atoms with Gasteiger partial charge in [-0.1, -0.05) is 11.6 Å². The van der Waals surface area contributed by atoms with Crippen LogP contribution >= 0.6 is 11.6 Å². The topological polar surface area (TPSA) is 148 Å². The minimum Gasteiger partial charge on any atom is -0.446 e. The van der Waals surface area contributed by atoms with Gasteiger partial charge in [0.1, 0.15) is 18.0 Å². The minimum absolute atomic E-state index is 0.0300. The van der Waals surface area contributed by atoms with E-state index in [-0.39, 0.29) is 65.2 Å². The predicted molar refractivity (Wildman–Crippen MR) is 133 cm³/mol. The first kappa shape index (κ1) is 27.8. The van der Waals surface area contributed by atoms with Crippen molar-refractivity contribution in [1.29, 1.82) is 0 Å². The SMILES string of the molecule is O=C1CC[C@H](N2Cc3c(Cl)cc(CNC(=O)OC4CC(n5c(C(F)(F)F)nc6nccnc65)C4)c(F)c3C2=O)C(=O)N1. The number of alkyl carbamates (subject to hydrolysis) is 1. The number of benzene rings is 1. The van der Waals surface area contributed by atoms with Gasteiger partial charge in [0.25, 0.3) is 5.91 Å². The van der Waals surface area contributed by atoms with Crippen molar-refractivity contribution in [3.63, 3.8) is 0 Å². The average molecular weight is 610 g/mol. The molecule has 3 aromatic rings. The van der Waals surface area contributed by atoms with Gasteiger partial charge in [0.15, 0.2) is 11.3 Å². The predicted octanol–water partition coefficient (Wildman–Crippen LogP) is 3.03. The number of imidazole rings is 1. The number of carbonyl (C=O) groups is 4. The van der Waals surface area contributed by atoms with Crippen LogP contribution in [0.15, 0.2) is 18.5 Å². The Morgan fingerprint density at radius 1 is 1.19 bits per heavy atom. The number of carbonyl (C=O) groups excluding carboxylic acids is 4. The van der Waals surface area contributed by atoms with Gasteiger partial charge in [0.2, 0.25) is 17.6 Å². The number of nitrogens with one attached hydrogen (secondary N) is 2. The number of alkyl halides is 3. The Labute approximate surface area is 238 Å². The summed E-state index contributed by atoms with van der Waals surface area (Å²) in [7, 11) is 0. The molecule has 2 aromatic heterocycles. The fourth-order valence-corrected chi connectivity index (χ4v) is 5.70. The third kappa shape index (κ3) is 4.78. The minimum atomic E-state index is -4.74. The zero-order valence-corrected chi connectivity index (χ0v) is 22.1. The van der Waals surface area contributed by atoms with Gasteiger partial charge in [0, 0.05) is 66.9 Å². The summed E-state index contributed by atoms with van der Waals surface area (Å²) in [6, 6.07) is -0.395. The molecule has 2 aliphatic heterocycles. The van der Waals surface area contributed by atoms with E-state index in [0.717, 1.165) is 9.47 Å². The second-order valence-electron chi connectivity index (χ2n) is 10.1.